The number of hydrogen-bond acceptors (Lipinski definition) is 11. The first-order valence-electron chi connectivity index (χ1n) is 12.6. The number of rotatable bonds is 11. The summed E-state index contributed by atoms with van der Waals surface area (Å²) in [4.78, 5) is 25.0. The number of phenolic OH excluding ortho intramolecular Hbond substituents is 1. The summed E-state index contributed by atoms with van der Waals surface area (Å²) in [5.74, 6) is -0.685. The lowest BCUT2D eigenvalue weighted by atomic mass is 9.92. The Morgan fingerprint density at radius 1 is 1.22 bits per heavy atom. The van der Waals surface area contributed by atoms with Crippen LogP contribution >= 0.6 is 11.8 Å². The second-order valence-electron chi connectivity index (χ2n) is 9.59. The van der Waals surface area contributed by atoms with E-state index in [1.54, 1.807) is 12.1 Å². The predicted octanol–water partition coefficient (Wildman–Crippen LogP) is -0.266. The summed E-state index contributed by atoms with van der Waals surface area (Å²) < 4.78 is 11.0. The van der Waals surface area contributed by atoms with E-state index in [-0.39, 0.29) is 29.6 Å². The van der Waals surface area contributed by atoms with Crippen molar-refractivity contribution in [3.05, 3.63) is 29.8 Å². The molecule has 0 unspecified atom stereocenters. The summed E-state index contributed by atoms with van der Waals surface area (Å²) in [6.07, 6.45) is -4.23. The fraction of sp³-hybridized carbons (Fsp3) is 0.680. The number of nitrogens with one attached hydrogen (secondary N) is 2. The first-order valence-corrected chi connectivity index (χ1v) is 13.7. The smallest absolute Gasteiger partial charge is 0.341 e. The van der Waals surface area contributed by atoms with E-state index in [1.807, 2.05) is 0 Å². The highest BCUT2D eigenvalue weighted by Gasteiger charge is 2.48. The Morgan fingerprint density at radius 2 is 1.95 bits per heavy atom. The van der Waals surface area contributed by atoms with Gasteiger partial charge in [-0.05, 0) is 44.4 Å². The van der Waals surface area contributed by atoms with Gasteiger partial charge in [0.15, 0.2) is 0 Å². The normalized spacial score (nSPS) is 31.5. The number of para-hydroxylation sites is 1. The quantitative estimate of drug-likeness (QED) is 0.145. The van der Waals surface area contributed by atoms with Gasteiger partial charge in [0.05, 0.1) is 18.2 Å². The van der Waals surface area contributed by atoms with Crippen molar-refractivity contribution in [1.82, 2.24) is 10.6 Å². The van der Waals surface area contributed by atoms with Crippen LogP contribution in [0.15, 0.2) is 24.3 Å². The molecule has 0 bridgehead atoms. The molecule has 0 spiro atoms. The molecule has 2 aliphatic heterocycles. The SMILES string of the molecule is CCC[C@H]1CN[C@H](C(=O)N[C@@H]([C@H]2O[C@H](SCCOC(=O)c3ccccc3O)[C@H](O)[C@@H](O)[C@H]2O)[C@@H](C)O)C1. The lowest BCUT2D eigenvalue weighted by Gasteiger charge is -2.44. The molecule has 208 valence electrons. The van der Waals surface area contributed by atoms with E-state index in [4.69, 9.17) is 9.47 Å². The number of aliphatic hydroxyl groups is 4. The summed E-state index contributed by atoms with van der Waals surface area (Å²) >= 11 is 1.05. The van der Waals surface area contributed by atoms with E-state index in [9.17, 15) is 35.1 Å². The molecule has 0 aliphatic carbocycles. The first kappa shape index (κ1) is 29.6. The highest BCUT2D eigenvalue weighted by atomic mass is 32.2. The molecule has 1 amide bonds. The van der Waals surface area contributed by atoms with Crippen LogP contribution in [0.5, 0.6) is 5.75 Å². The van der Waals surface area contributed by atoms with Crippen LogP contribution in [0, 0.1) is 5.92 Å². The third-order valence-electron chi connectivity index (χ3n) is 6.75. The summed E-state index contributed by atoms with van der Waals surface area (Å²) in [5.41, 5.74) is -1.00. The van der Waals surface area contributed by atoms with Gasteiger partial charge >= 0.3 is 5.97 Å². The standard InChI is InChI=1S/C25H38N2O9S/c1-3-6-14-11-16(26-12-14)23(33)27-18(13(2)28)22-20(31)19(30)21(32)25(36-22)37-10-9-35-24(34)15-7-4-5-8-17(15)29/h4-5,7-8,13-14,16,18-22,25-26,28-32H,3,6,9-12H2,1-2H3,(H,27,33)/t13-,14-,16+,18-,19+,20-,21-,22-,25-/m1/s1. The Hall–Kier alpha value is -1.93. The molecule has 1 aromatic rings. The van der Waals surface area contributed by atoms with Crippen molar-refractivity contribution >= 4 is 23.6 Å². The molecule has 11 nitrogen and oxygen atoms in total. The average molecular weight is 543 g/mol. The predicted molar refractivity (Wildman–Crippen MR) is 136 cm³/mol. The molecule has 12 heteroatoms. The second-order valence-corrected chi connectivity index (χ2v) is 10.8. The molecule has 7 N–H and O–H groups in total. The molecule has 0 aromatic heterocycles. The van der Waals surface area contributed by atoms with Gasteiger partial charge in [0.2, 0.25) is 5.91 Å². The number of amides is 1. The molecule has 9 atom stereocenters. The van der Waals surface area contributed by atoms with Crippen LogP contribution < -0.4 is 10.6 Å². The van der Waals surface area contributed by atoms with Gasteiger partial charge in [-0.15, -0.1) is 11.8 Å². The van der Waals surface area contributed by atoms with E-state index < -0.39 is 54.0 Å². The topological polar surface area (TPSA) is 178 Å². The van der Waals surface area contributed by atoms with Crippen LogP contribution in [0.1, 0.15) is 43.5 Å². The third kappa shape index (κ3) is 7.56. The maximum Gasteiger partial charge on any atom is 0.341 e. The fourth-order valence-corrected chi connectivity index (χ4v) is 5.69. The summed E-state index contributed by atoms with van der Waals surface area (Å²) in [7, 11) is 0. The molecule has 1 aromatic carbocycles. The van der Waals surface area contributed by atoms with Crippen molar-refractivity contribution in [2.75, 3.05) is 18.9 Å². The Labute approximate surface area is 220 Å². The highest BCUT2D eigenvalue weighted by Crippen LogP contribution is 2.31. The van der Waals surface area contributed by atoms with Crippen molar-refractivity contribution in [2.45, 2.75) is 81.1 Å². The number of carbonyl (C=O) groups excluding carboxylic acids is 2. The molecule has 0 radical (unpaired) electrons. The number of phenols is 1. The Bertz CT molecular complexity index is 905. The highest BCUT2D eigenvalue weighted by molar-refractivity contribution is 7.99. The number of aromatic hydroxyl groups is 1. The maximum atomic E-state index is 12.9. The minimum absolute atomic E-state index is 0.0216. The van der Waals surface area contributed by atoms with Gasteiger partial charge in [-0.3, -0.25) is 4.79 Å². The fourth-order valence-electron chi connectivity index (χ4n) is 4.71. The van der Waals surface area contributed by atoms with Gasteiger partial charge in [-0.2, -0.15) is 0 Å². The Balaban J connectivity index is 1.57. The van der Waals surface area contributed by atoms with E-state index >= 15 is 0 Å². The monoisotopic (exact) mass is 542 g/mol. The van der Waals surface area contributed by atoms with Gasteiger partial charge in [-0.25, -0.2) is 4.79 Å². The zero-order chi connectivity index (χ0) is 27.1. The van der Waals surface area contributed by atoms with Crippen LogP contribution in [0.4, 0.5) is 0 Å². The molecule has 2 aliphatic rings. The Morgan fingerprint density at radius 3 is 2.62 bits per heavy atom. The molecule has 2 fully saturated rings. The molecule has 2 heterocycles. The number of thioether (sulfide) groups is 1. The minimum Gasteiger partial charge on any atom is -0.507 e. The molecule has 2 saturated heterocycles. The zero-order valence-electron chi connectivity index (χ0n) is 21.0. The van der Waals surface area contributed by atoms with Gasteiger partial charge in [0.25, 0.3) is 0 Å². The number of carbonyl (C=O) groups is 2. The number of hydrogen-bond donors (Lipinski definition) is 7. The molecule has 37 heavy (non-hydrogen) atoms. The lowest BCUT2D eigenvalue weighted by molar-refractivity contribution is -0.211. The van der Waals surface area contributed by atoms with Crippen molar-refractivity contribution in [2.24, 2.45) is 5.92 Å². The van der Waals surface area contributed by atoms with E-state index in [0.717, 1.165) is 31.1 Å². The van der Waals surface area contributed by atoms with Crippen LogP contribution in [-0.4, -0.2) is 104 Å². The average Bonchev–Trinajstić information content (AvgIpc) is 3.34. The summed E-state index contributed by atoms with van der Waals surface area (Å²) in [5, 5.41) is 57.6. The number of esters is 1. The molecule has 3 rings (SSSR count). The van der Waals surface area contributed by atoms with Gasteiger partial charge in [-0.1, -0.05) is 25.5 Å². The van der Waals surface area contributed by atoms with Crippen molar-refractivity contribution in [3.63, 3.8) is 0 Å². The number of benzene rings is 1. The zero-order valence-corrected chi connectivity index (χ0v) is 21.8. The number of aliphatic hydroxyl groups excluding tert-OH is 4. The van der Waals surface area contributed by atoms with E-state index in [0.29, 0.717) is 12.3 Å². The lowest BCUT2D eigenvalue weighted by Crippen LogP contribution is -2.65. The summed E-state index contributed by atoms with van der Waals surface area (Å²) in [6, 6.07) is 4.49. The van der Waals surface area contributed by atoms with E-state index in [2.05, 4.69) is 17.6 Å². The minimum atomic E-state index is -1.59. The van der Waals surface area contributed by atoms with Crippen molar-refractivity contribution in [1.29, 1.82) is 0 Å². The van der Waals surface area contributed by atoms with Crippen molar-refractivity contribution in [3.8, 4) is 5.75 Å². The van der Waals surface area contributed by atoms with Crippen LogP contribution in [-0.2, 0) is 14.3 Å². The summed E-state index contributed by atoms with van der Waals surface area (Å²) in [6.45, 7) is 4.19. The molecular formula is C25H38N2O9S. The molecule has 0 saturated carbocycles. The first-order chi connectivity index (χ1) is 17.6. The van der Waals surface area contributed by atoms with Crippen LogP contribution in [0.3, 0.4) is 0 Å². The maximum absolute atomic E-state index is 12.9. The van der Waals surface area contributed by atoms with E-state index in [1.165, 1.54) is 19.1 Å². The number of ether oxygens (including phenoxy) is 2. The van der Waals surface area contributed by atoms with Gasteiger partial charge in [0, 0.05) is 5.75 Å². The van der Waals surface area contributed by atoms with Crippen LogP contribution in [0.25, 0.3) is 0 Å². The van der Waals surface area contributed by atoms with Gasteiger partial charge in [0.1, 0.15) is 47.8 Å². The van der Waals surface area contributed by atoms with Crippen LogP contribution in [0.2, 0.25) is 0 Å². The van der Waals surface area contributed by atoms with Gasteiger partial charge < -0.3 is 45.6 Å². The van der Waals surface area contributed by atoms with Crippen molar-refractivity contribution < 1.29 is 44.6 Å². The second kappa shape index (κ2) is 13.7. The third-order valence-corrected chi connectivity index (χ3v) is 7.87. The largest absolute Gasteiger partial charge is 0.507 e. The Kier molecular flexibility index (Phi) is 11.0. The molecular weight excluding hydrogens is 504 g/mol.